The van der Waals surface area contributed by atoms with Crippen LogP contribution >= 0.6 is 0 Å². The van der Waals surface area contributed by atoms with Crippen LogP contribution in [-0.2, 0) is 17.9 Å². The van der Waals surface area contributed by atoms with Crippen molar-refractivity contribution in [3.63, 3.8) is 0 Å². The van der Waals surface area contributed by atoms with Crippen molar-refractivity contribution in [2.45, 2.75) is 50.7 Å². The third kappa shape index (κ3) is 5.68. The summed E-state index contributed by atoms with van der Waals surface area (Å²) in [5.41, 5.74) is 1.58. The molecule has 0 bridgehead atoms. The van der Waals surface area contributed by atoms with Gasteiger partial charge in [0.05, 0.1) is 0 Å². The second-order valence-corrected chi connectivity index (χ2v) is 8.99. The van der Waals surface area contributed by atoms with Crippen LogP contribution in [0.4, 0.5) is 4.79 Å². The van der Waals surface area contributed by atoms with Gasteiger partial charge < -0.3 is 15.5 Å². The number of carbonyl (C=O) groups is 2. The van der Waals surface area contributed by atoms with E-state index in [1.807, 2.05) is 41.3 Å². The van der Waals surface area contributed by atoms with Crippen molar-refractivity contribution in [1.82, 2.24) is 20.4 Å². The van der Waals surface area contributed by atoms with E-state index < -0.39 is 5.54 Å². The minimum atomic E-state index is -0.768. The van der Waals surface area contributed by atoms with Gasteiger partial charge in [0.2, 0.25) is 5.91 Å². The van der Waals surface area contributed by atoms with Gasteiger partial charge in [-0.25, -0.2) is 4.79 Å². The Bertz CT molecular complexity index is 881. The summed E-state index contributed by atoms with van der Waals surface area (Å²) in [6, 6.07) is 20.1. The number of rotatable bonds is 6. The smallest absolute Gasteiger partial charge is 0.315 e. The predicted molar refractivity (Wildman–Crippen MR) is 126 cm³/mol. The van der Waals surface area contributed by atoms with Gasteiger partial charge in [0, 0.05) is 39.3 Å². The first-order chi connectivity index (χ1) is 15.6. The molecule has 170 valence electrons. The average molecular weight is 435 g/mol. The molecule has 1 heterocycles. The molecule has 0 spiro atoms. The molecule has 2 fully saturated rings. The number of nitrogens with zero attached hydrogens (tertiary/aromatic N) is 2. The zero-order valence-electron chi connectivity index (χ0n) is 18.8. The molecule has 2 aromatic carbocycles. The fraction of sp³-hybridized carbons (Fsp3) is 0.462. The van der Waals surface area contributed by atoms with Crippen molar-refractivity contribution in [3.05, 3.63) is 71.8 Å². The Morgan fingerprint density at radius 1 is 0.781 bits per heavy atom. The lowest BCUT2D eigenvalue weighted by Crippen LogP contribution is -2.60. The van der Waals surface area contributed by atoms with E-state index in [1.165, 1.54) is 5.56 Å². The molecule has 0 radical (unpaired) electrons. The molecule has 1 aliphatic heterocycles. The lowest BCUT2D eigenvalue weighted by molar-refractivity contribution is -0.137. The fourth-order valence-electron chi connectivity index (χ4n) is 4.89. The summed E-state index contributed by atoms with van der Waals surface area (Å²) in [5.74, 6) is 0.0893. The van der Waals surface area contributed by atoms with Crippen LogP contribution in [0.25, 0.3) is 0 Å². The zero-order valence-corrected chi connectivity index (χ0v) is 18.8. The molecule has 1 aliphatic carbocycles. The van der Waals surface area contributed by atoms with E-state index in [2.05, 4.69) is 39.8 Å². The summed E-state index contributed by atoms with van der Waals surface area (Å²) in [7, 11) is 0. The van der Waals surface area contributed by atoms with Gasteiger partial charge in [-0.2, -0.15) is 0 Å². The van der Waals surface area contributed by atoms with Crippen LogP contribution in [0.2, 0.25) is 0 Å². The molecular formula is C26H34N4O2. The molecule has 0 aromatic heterocycles. The first-order valence-corrected chi connectivity index (χ1v) is 11.8. The molecule has 4 rings (SSSR count). The first-order valence-electron chi connectivity index (χ1n) is 11.8. The fourth-order valence-corrected chi connectivity index (χ4v) is 4.89. The number of hydrogen-bond acceptors (Lipinski definition) is 3. The predicted octanol–water partition coefficient (Wildman–Crippen LogP) is 3.53. The third-order valence-electron chi connectivity index (χ3n) is 6.64. The van der Waals surface area contributed by atoms with Gasteiger partial charge in [-0.15, -0.1) is 0 Å². The summed E-state index contributed by atoms with van der Waals surface area (Å²) < 4.78 is 0. The van der Waals surface area contributed by atoms with Crippen LogP contribution in [0.5, 0.6) is 0 Å². The molecule has 1 saturated heterocycles. The van der Waals surface area contributed by atoms with Crippen molar-refractivity contribution in [3.8, 4) is 0 Å². The van der Waals surface area contributed by atoms with E-state index in [0.717, 1.165) is 63.8 Å². The number of urea groups is 1. The van der Waals surface area contributed by atoms with E-state index in [-0.39, 0.29) is 11.9 Å². The van der Waals surface area contributed by atoms with Crippen molar-refractivity contribution < 1.29 is 9.59 Å². The largest absolute Gasteiger partial charge is 0.339 e. The van der Waals surface area contributed by atoms with E-state index in [0.29, 0.717) is 13.1 Å². The first kappa shape index (κ1) is 22.3. The number of nitrogens with one attached hydrogen (secondary N) is 2. The number of benzene rings is 2. The summed E-state index contributed by atoms with van der Waals surface area (Å²) in [5, 5.41) is 6.00. The van der Waals surface area contributed by atoms with Crippen LogP contribution in [0.3, 0.4) is 0 Å². The molecule has 1 saturated carbocycles. The Morgan fingerprint density at radius 2 is 1.44 bits per heavy atom. The topological polar surface area (TPSA) is 64.7 Å². The highest BCUT2D eigenvalue weighted by atomic mass is 16.2. The lowest BCUT2D eigenvalue weighted by Gasteiger charge is -2.34. The number of hydrogen-bond donors (Lipinski definition) is 2. The summed E-state index contributed by atoms with van der Waals surface area (Å²) in [4.78, 5) is 30.7. The number of amides is 3. The second-order valence-electron chi connectivity index (χ2n) is 8.99. The van der Waals surface area contributed by atoms with E-state index in [4.69, 9.17) is 0 Å². The normalized spacial score (nSPS) is 18.7. The molecule has 3 amide bonds. The third-order valence-corrected chi connectivity index (χ3v) is 6.64. The van der Waals surface area contributed by atoms with E-state index in [9.17, 15) is 9.59 Å². The van der Waals surface area contributed by atoms with Crippen LogP contribution in [0, 0.1) is 0 Å². The Hall–Kier alpha value is -2.86. The van der Waals surface area contributed by atoms with Crippen molar-refractivity contribution in [2.75, 3.05) is 26.2 Å². The van der Waals surface area contributed by atoms with Gasteiger partial charge in [-0.1, -0.05) is 73.5 Å². The molecule has 2 N–H and O–H groups in total. The van der Waals surface area contributed by atoms with E-state index in [1.54, 1.807) is 0 Å². The number of carbonyl (C=O) groups excluding carboxylic acids is 2. The maximum absolute atomic E-state index is 13.6. The lowest BCUT2D eigenvalue weighted by atomic mass is 9.95. The molecule has 6 heteroatoms. The minimum absolute atomic E-state index is 0.0893. The van der Waals surface area contributed by atoms with Gasteiger partial charge in [0.25, 0.3) is 0 Å². The van der Waals surface area contributed by atoms with Crippen LogP contribution in [-0.4, -0.2) is 53.5 Å². The monoisotopic (exact) mass is 434 g/mol. The standard InChI is InChI=1S/C26H34N4O2/c31-24(30-17-9-16-29(18-19-30)21-23-12-5-2-6-13-23)26(14-7-8-15-26)28-25(32)27-20-22-10-3-1-4-11-22/h1-6,10-13H,7-9,14-21H2,(H2,27,28,32). The summed E-state index contributed by atoms with van der Waals surface area (Å²) in [6.07, 6.45) is 4.33. The highest BCUT2D eigenvalue weighted by Crippen LogP contribution is 2.32. The molecule has 2 aromatic rings. The van der Waals surface area contributed by atoms with Crippen molar-refractivity contribution in [2.24, 2.45) is 0 Å². The SMILES string of the molecule is O=C(NCc1ccccc1)NC1(C(=O)N2CCCN(Cc3ccccc3)CC2)CCCC1. The van der Waals surface area contributed by atoms with Gasteiger partial charge in [-0.05, 0) is 30.4 Å². The zero-order chi connectivity index (χ0) is 22.2. The van der Waals surface area contributed by atoms with Crippen LogP contribution in [0.1, 0.15) is 43.2 Å². The Morgan fingerprint density at radius 3 is 2.12 bits per heavy atom. The van der Waals surface area contributed by atoms with Crippen molar-refractivity contribution >= 4 is 11.9 Å². The molecule has 0 unspecified atom stereocenters. The summed E-state index contributed by atoms with van der Waals surface area (Å²) in [6.45, 7) is 4.66. The average Bonchev–Trinajstić information content (AvgIpc) is 3.18. The minimum Gasteiger partial charge on any atom is -0.339 e. The maximum Gasteiger partial charge on any atom is 0.315 e. The Balaban J connectivity index is 1.34. The molecule has 32 heavy (non-hydrogen) atoms. The molecular weight excluding hydrogens is 400 g/mol. The molecule has 6 nitrogen and oxygen atoms in total. The van der Waals surface area contributed by atoms with E-state index >= 15 is 0 Å². The highest BCUT2D eigenvalue weighted by molar-refractivity contribution is 5.91. The quantitative estimate of drug-likeness (QED) is 0.731. The molecule has 0 atom stereocenters. The Kier molecular flexibility index (Phi) is 7.43. The maximum atomic E-state index is 13.6. The summed E-state index contributed by atoms with van der Waals surface area (Å²) >= 11 is 0. The second kappa shape index (κ2) is 10.6. The Labute approximate surface area is 191 Å². The van der Waals surface area contributed by atoms with Crippen molar-refractivity contribution in [1.29, 1.82) is 0 Å². The molecule has 2 aliphatic rings. The van der Waals surface area contributed by atoms with Gasteiger partial charge in [0.1, 0.15) is 5.54 Å². The van der Waals surface area contributed by atoms with Gasteiger partial charge in [-0.3, -0.25) is 9.69 Å². The van der Waals surface area contributed by atoms with Gasteiger partial charge >= 0.3 is 6.03 Å². The van der Waals surface area contributed by atoms with Gasteiger partial charge in [0.15, 0.2) is 0 Å². The van der Waals surface area contributed by atoms with Crippen LogP contribution < -0.4 is 10.6 Å². The van der Waals surface area contributed by atoms with Crippen LogP contribution in [0.15, 0.2) is 60.7 Å². The highest BCUT2D eigenvalue weighted by Gasteiger charge is 2.45.